The van der Waals surface area contributed by atoms with Crippen molar-refractivity contribution in [3.05, 3.63) is 47.4 Å². The van der Waals surface area contributed by atoms with Crippen molar-refractivity contribution < 1.29 is 22.3 Å². The lowest BCUT2D eigenvalue weighted by Crippen LogP contribution is -2.55. The Hall–Kier alpha value is -2.39. The van der Waals surface area contributed by atoms with Crippen molar-refractivity contribution in [2.75, 3.05) is 11.2 Å². The van der Waals surface area contributed by atoms with Crippen molar-refractivity contribution in [1.82, 2.24) is 10.3 Å². The maximum Gasteiger partial charge on any atom is 0.263 e. The third-order valence-corrected chi connectivity index (χ3v) is 7.62. The lowest BCUT2D eigenvalue weighted by Gasteiger charge is -2.40. The van der Waals surface area contributed by atoms with Crippen LogP contribution in [0.3, 0.4) is 0 Å². The summed E-state index contributed by atoms with van der Waals surface area (Å²) < 4.78 is 43.2. The monoisotopic (exact) mass is 495 g/mol. The van der Waals surface area contributed by atoms with Crippen molar-refractivity contribution in [3.63, 3.8) is 0 Å². The van der Waals surface area contributed by atoms with Crippen LogP contribution in [0.4, 0.5) is 10.2 Å². The second kappa shape index (κ2) is 8.76. The fourth-order valence-corrected chi connectivity index (χ4v) is 5.37. The second-order valence-electron chi connectivity index (χ2n) is 9.25. The Morgan fingerprint density at radius 1 is 1.21 bits per heavy atom. The lowest BCUT2D eigenvalue weighted by molar-refractivity contribution is -0.135. The van der Waals surface area contributed by atoms with Crippen molar-refractivity contribution in [1.29, 1.82) is 0 Å². The Morgan fingerprint density at radius 3 is 2.42 bits per heavy atom. The predicted octanol–water partition coefficient (Wildman–Crippen LogP) is 3.75. The molecule has 4 rings (SSSR count). The Balaban J connectivity index is 1.41. The number of ether oxygens (including phenoxy) is 1. The molecule has 0 unspecified atom stereocenters. The van der Waals surface area contributed by atoms with Gasteiger partial charge in [0.05, 0.1) is 4.90 Å². The van der Waals surface area contributed by atoms with E-state index in [0.29, 0.717) is 0 Å². The molecule has 0 saturated carbocycles. The molecular weight excluding hydrogens is 469 g/mol. The minimum Gasteiger partial charge on any atom is -0.475 e. The van der Waals surface area contributed by atoms with Gasteiger partial charge in [-0.05, 0) is 69.9 Å². The molecule has 1 amide bonds. The molecule has 3 atom stereocenters. The molecule has 0 aliphatic carbocycles. The molecule has 2 aliphatic rings. The largest absolute Gasteiger partial charge is 0.475 e. The summed E-state index contributed by atoms with van der Waals surface area (Å²) >= 11 is 5.79. The highest BCUT2D eigenvalue weighted by molar-refractivity contribution is 7.90. The van der Waals surface area contributed by atoms with E-state index in [1.54, 1.807) is 26.0 Å². The number of aromatic nitrogens is 1. The van der Waals surface area contributed by atoms with Gasteiger partial charge in [-0.1, -0.05) is 11.6 Å². The zero-order valence-electron chi connectivity index (χ0n) is 18.7. The SMILES string of the molecule is CC(C)(Oc1ccc(Cl)cc1F)C(=O)N[C@H]1C[C@H]2CC[C@@H](C1)N2c1ccc(S(C)(=O)=O)cn1. The average molecular weight is 496 g/mol. The van der Waals surface area contributed by atoms with E-state index in [1.165, 1.54) is 18.3 Å². The zero-order chi connectivity index (χ0) is 24.0. The van der Waals surface area contributed by atoms with Crippen LogP contribution in [0, 0.1) is 5.82 Å². The van der Waals surface area contributed by atoms with Crippen LogP contribution in [-0.4, -0.2) is 49.3 Å². The van der Waals surface area contributed by atoms with Gasteiger partial charge in [0, 0.05) is 35.6 Å². The van der Waals surface area contributed by atoms with Gasteiger partial charge in [0.25, 0.3) is 5.91 Å². The van der Waals surface area contributed by atoms with Crippen molar-refractivity contribution >= 4 is 33.2 Å². The number of hydrogen-bond donors (Lipinski definition) is 1. The summed E-state index contributed by atoms with van der Waals surface area (Å²) in [5.74, 6) is -0.214. The highest BCUT2D eigenvalue weighted by Crippen LogP contribution is 2.39. The number of benzene rings is 1. The van der Waals surface area contributed by atoms with E-state index in [0.717, 1.165) is 43.8 Å². The first-order valence-electron chi connectivity index (χ1n) is 10.8. The first-order chi connectivity index (χ1) is 15.4. The molecular formula is C23H27ClFN3O4S. The van der Waals surface area contributed by atoms with Crippen molar-refractivity contribution in [2.45, 2.75) is 68.2 Å². The number of rotatable bonds is 6. The van der Waals surface area contributed by atoms with Gasteiger partial charge in [-0.15, -0.1) is 0 Å². The molecule has 0 radical (unpaired) electrons. The minimum absolute atomic E-state index is 0.0296. The maximum absolute atomic E-state index is 14.1. The summed E-state index contributed by atoms with van der Waals surface area (Å²) in [5, 5.41) is 3.33. The number of carbonyl (C=O) groups excluding carboxylic acids is 1. The molecule has 1 aromatic carbocycles. The second-order valence-corrected chi connectivity index (χ2v) is 11.7. The number of sulfone groups is 1. The van der Waals surface area contributed by atoms with E-state index in [-0.39, 0.29) is 39.7 Å². The van der Waals surface area contributed by atoms with E-state index < -0.39 is 21.3 Å². The number of fused-ring (bicyclic) bond motifs is 2. The number of anilines is 1. The van der Waals surface area contributed by atoms with Crippen LogP contribution < -0.4 is 15.0 Å². The van der Waals surface area contributed by atoms with Gasteiger partial charge in [0.15, 0.2) is 27.0 Å². The summed E-state index contributed by atoms with van der Waals surface area (Å²) in [5.41, 5.74) is -1.27. The topological polar surface area (TPSA) is 88.6 Å². The molecule has 1 aromatic heterocycles. The Kier molecular flexibility index (Phi) is 6.30. The zero-order valence-corrected chi connectivity index (χ0v) is 20.3. The number of hydrogen-bond acceptors (Lipinski definition) is 6. The molecule has 2 bridgehead atoms. The Morgan fingerprint density at radius 2 is 1.88 bits per heavy atom. The van der Waals surface area contributed by atoms with Gasteiger partial charge in [0.2, 0.25) is 0 Å². The van der Waals surface area contributed by atoms with E-state index >= 15 is 0 Å². The molecule has 10 heteroatoms. The third kappa shape index (κ3) is 5.09. The van der Waals surface area contributed by atoms with E-state index in [4.69, 9.17) is 16.3 Å². The van der Waals surface area contributed by atoms with Crippen LogP contribution in [0.15, 0.2) is 41.4 Å². The van der Waals surface area contributed by atoms with E-state index in [9.17, 15) is 17.6 Å². The summed E-state index contributed by atoms with van der Waals surface area (Å²) in [6.45, 7) is 3.21. The van der Waals surface area contributed by atoms with E-state index in [2.05, 4.69) is 15.2 Å². The fraction of sp³-hybridized carbons (Fsp3) is 0.478. The molecule has 2 aliphatic heterocycles. The predicted molar refractivity (Wildman–Crippen MR) is 124 cm³/mol. The molecule has 3 heterocycles. The van der Waals surface area contributed by atoms with Crippen LogP contribution in [0.2, 0.25) is 5.02 Å². The molecule has 2 saturated heterocycles. The average Bonchev–Trinajstić information content (AvgIpc) is 3.00. The van der Waals surface area contributed by atoms with E-state index in [1.807, 2.05) is 0 Å². The summed E-state index contributed by atoms with van der Waals surface area (Å²) in [7, 11) is -3.30. The molecule has 1 N–H and O–H groups in total. The van der Waals surface area contributed by atoms with Gasteiger partial charge >= 0.3 is 0 Å². The molecule has 2 fully saturated rings. The Labute approximate surface area is 198 Å². The number of pyridine rings is 1. The number of amides is 1. The van der Waals surface area contributed by atoms with Crippen LogP contribution in [0.5, 0.6) is 5.75 Å². The highest BCUT2D eigenvalue weighted by Gasteiger charge is 2.43. The van der Waals surface area contributed by atoms with Crippen LogP contribution >= 0.6 is 11.6 Å². The normalized spacial score (nSPS) is 22.8. The quantitative estimate of drug-likeness (QED) is 0.656. The van der Waals surface area contributed by atoms with Gasteiger partial charge in [-0.25, -0.2) is 17.8 Å². The summed E-state index contributed by atoms with van der Waals surface area (Å²) in [4.78, 5) is 19.8. The van der Waals surface area contributed by atoms with Crippen molar-refractivity contribution in [3.8, 4) is 5.75 Å². The van der Waals surface area contributed by atoms with Crippen molar-refractivity contribution in [2.24, 2.45) is 0 Å². The smallest absolute Gasteiger partial charge is 0.263 e. The maximum atomic E-state index is 14.1. The minimum atomic E-state index is -3.30. The first kappa shape index (κ1) is 23.8. The molecule has 2 aromatic rings. The van der Waals surface area contributed by atoms with Crippen LogP contribution in [0.25, 0.3) is 0 Å². The third-order valence-electron chi connectivity index (χ3n) is 6.29. The lowest BCUT2D eigenvalue weighted by atomic mass is 9.96. The standard InChI is InChI=1S/C23H27ClFN3O4S/c1-23(2,32-20-8-4-14(24)10-19(20)25)22(29)27-15-11-16-5-6-17(12-15)28(16)21-9-7-18(13-26-21)33(3,30)31/h4,7-10,13,15-17H,5-6,11-12H2,1-3H3,(H,27,29)/t15-,16+,17-. The molecule has 178 valence electrons. The van der Waals surface area contributed by atoms with Gasteiger partial charge in [-0.3, -0.25) is 4.79 Å². The van der Waals surface area contributed by atoms with Gasteiger partial charge in [0.1, 0.15) is 5.82 Å². The molecule has 0 spiro atoms. The fourth-order valence-electron chi connectivity index (χ4n) is 4.65. The van der Waals surface area contributed by atoms with Crippen LogP contribution in [0.1, 0.15) is 39.5 Å². The number of carbonyl (C=O) groups is 1. The number of nitrogens with one attached hydrogen (secondary N) is 1. The molecule has 7 nitrogen and oxygen atoms in total. The number of piperidine rings is 1. The molecule has 33 heavy (non-hydrogen) atoms. The van der Waals surface area contributed by atoms with Gasteiger partial charge < -0.3 is 15.0 Å². The number of halogens is 2. The highest BCUT2D eigenvalue weighted by atomic mass is 35.5. The summed E-state index contributed by atoms with van der Waals surface area (Å²) in [6.07, 6.45) is 5.99. The van der Waals surface area contributed by atoms with Crippen LogP contribution in [-0.2, 0) is 14.6 Å². The Bertz CT molecular complexity index is 1140. The summed E-state index contributed by atoms with van der Waals surface area (Å²) in [6, 6.07) is 7.75. The van der Waals surface area contributed by atoms with Gasteiger partial charge in [-0.2, -0.15) is 0 Å². The first-order valence-corrected chi connectivity index (χ1v) is 13.1. The number of nitrogens with zero attached hydrogens (tertiary/aromatic N) is 2.